The second kappa shape index (κ2) is 5.66. The van der Waals surface area contributed by atoms with Crippen LogP contribution in [-0.2, 0) is 0 Å². The number of benzene rings is 2. The highest BCUT2D eigenvalue weighted by molar-refractivity contribution is 5.40. The van der Waals surface area contributed by atoms with Crippen LogP contribution in [0.2, 0.25) is 0 Å². The third-order valence-electron chi connectivity index (χ3n) is 2.76. The fourth-order valence-electron chi connectivity index (χ4n) is 1.67. The molecule has 0 saturated carbocycles. The zero-order valence-electron chi connectivity index (χ0n) is 10.7. The molecule has 5 nitrogen and oxygen atoms in total. The summed E-state index contributed by atoms with van der Waals surface area (Å²) in [5.74, 6) is -0.232. The second-order valence-electron chi connectivity index (χ2n) is 4.33. The molecule has 0 saturated heterocycles. The monoisotopic (exact) mass is 276 g/mol. The molecule has 0 aliphatic carbocycles. The van der Waals surface area contributed by atoms with Crippen molar-refractivity contribution in [2.75, 3.05) is 0 Å². The van der Waals surface area contributed by atoms with Gasteiger partial charge in [-0.3, -0.25) is 10.1 Å². The van der Waals surface area contributed by atoms with Gasteiger partial charge in [0.2, 0.25) is 5.82 Å². The summed E-state index contributed by atoms with van der Waals surface area (Å²) in [4.78, 5) is 9.72. The van der Waals surface area contributed by atoms with Crippen LogP contribution < -0.4 is 10.5 Å². The van der Waals surface area contributed by atoms with Crippen LogP contribution in [0.5, 0.6) is 11.5 Å². The van der Waals surface area contributed by atoms with E-state index in [4.69, 9.17) is 10.5 Å². The molecule has 6 heteroatoms. The zero-order chi connectivity index (χ0) is 14.7. The minimum absolute atomic E-state index is 0.0825. The van der Waals surface area contributed by atoms with Crippen molar-refractivity contribution >= 4 is 5.69 Å². The molecule has 0 aromatic heterocycles. The molecule has 2 N–H and O–H groups in total. The molecule has 0 radical (unpaired) electrons. The maximum Gasteiger partial charge on any atom is 0.305 e. The minimum atomic E-state index is -0.931. The lowest BCUT2D eigenvalue weighted by molar-refractivity contribution is -0.387. The number of hydrogen-bond donors (Lipinski definition) is 1. The van der Waals surface area contributed by atoms with E-state index in [1.807, 2.05) is 19.1 Å². The second-order valence-corrected chi connectivity index (χ2v) is 4.33. The first-order valence-electron chi connectivity index (χ1n) is 5.94. The molecule has 0 amide bonds. The lowest BCUT2D eigenvalue weighted by Gasteiger charge is -2.08. The van der Waals surface area contributed by atoms with E-state index in [0.29, 0.717) is 5.75 Å². The van der Waals surface area contributed by atoms with Gasteiger partial charge < -0.3 is 10.5 Å². The van der Waals surface area contributed by atoms with Gasteiger partial charge in [-0.2, -0.15) is 4.39 Å². The SMILES string of the molecule is CC(N)c1ccc(Oc2ccc([N+](=O)[O-])c(F)c2)cc1. The standard InChI is InChI=1S/C14H13FN2O3/c1-9(16)10-2-4-11(5-3-10)20-12-6-7-14(17(18)19)13(15)8-12/h2-9H,16H2,1H3. The molecule has 1 unspecified atom stereocenters. The summed E-state index contributed by atoms with van der Waals surface area (Å²) in [7, 11) is 0. The third kappa shape index (κ3) is 3.10. The van der Waals surface area contributed by atoms with Crippen LogP contribution >= 0.6 is 0 Å². The predicted molar refractivity (Wildman–Crippen MR) is 72.2 cm³/mol. The number of rotatable bonds is 4. The van der Waals surface area contributed by atoms with Crippen LogP contribution in [-0.4, -0.2) is 4.92 Å². The van der Waals surface area contributed by atoms with Crippen molar-refractivity contribution in [3.05, 3.63) is 64.0 Å². The van der Waals surface area contributed by atoms with Crippen molar-refractivity contribution in [3.63, 3.8) is 0 Å². The summed E-state index contributed by atoms with van der Waals surface area (Å²) in [6.07, 6.45) is 0. The Morgan fingerprint density at radius 1 is 1.20 bits per heavy atom. The molecule has 2 rings (SSSR count). The van der Waals surface area contributed by atoms with E-state index in [1.165, 1.54) is 6.07 Å². The van der Waals surface area contributed by atoms with Crippen molar-refractivity contribution in [2.24, 2.45) is 5.73 Å². The Balaban J connectivity index is 2.17. The van der Waals surface area contributed by atoms with Crippen molar-refractivity contribution in [2.45, 2.75) is 13.0 Å². The van der Waals surface area contributed by atoms with E-state index < -0.39 is 16.4 Å². The van der Waals surface area contributed by atoms with Crippen LogP contribution in [0.1, 0.15) is 18.5 Å². The number of hydrogen-bond acceptors (Lipinski definition) is 4. The number of nitrogens with two attached hydrogens (primary N) is 1. The summed E-state index contributed by atoms with van der Waals surface area (Å²) in [6.45, 7) is 1.86. The van der Waals surface area contributed by atoms with Gasteiger partial charge in [-0.25, -0.2) is 0 Å². The first-order valence-corrected chi connectivity index (χ1v) is 5.94. The summed E-state index contributed by atoms with van der Waals surface area (Å²) < 4.78 is 18.9. The fraction of sp³-hybridized carbons (Fsp3) is 0.143. The fourth-order valence-corrected chi connectivity index (χ4v) is 1.67. The lowest BCUT2D eigenvalue weighted by Crippen LogP contribution is -2.04. The van der Waals surface area contributed by atoms with Crippen molar-refractivity contribution in [1.82, 2.24) is 0 Å². The molecule has 20 heavy (non-hydrogen) atoms. The van der Waals surface area contributed by atoms with Gasteiger partial charge in [0, 0.05) is 18.2 Å². The normalized spacial score (nSPS) is 11.9. The molecule has 1 atom stereocenters. The number of nitro benzene ring substituents is 1. The summed E-state index contributed by atoms with van der Waals surface area (Å²) in [5, 5.41) is 10.5. The molecule has 2 aromatic carbocycles. The smallest absolute Gasteiger partial charge is 0.305 e. The van der Waals surface area contributed by atoms with Gasteiger partial charge in [-0.15, -0.1) is 0 Å². The van der Waals surface area contributed by atoms with Crippen LogP contribution in [0.15, 0.2) is 42.5 Å². The zero-order valence-corrected chi connectivity index (χ0v) is 10.7. The highest BCUT2D eigenvalue weighted by atomic mass is 19.1. The highest BCUT2D eigenvalue weighted by Gasteiger charge is 2.14. The van der Waals surface area contributed by atoms with E-state index in [2.05, 4.69) is 0 Å². The minimum Gasteiger partial charge on any atom is -0.457 e. The molecular formula is C14H13FN2O3. The molecule has 0 bridgehead atoms. The van der Waals surface area contributed by atoms with E-state index in [9.17, 15) is 14.5 Å². The Kier molecular flexibility index (Phi) is 3.95. The predicted octanol–water partition coefficient (Wildman–Crippen LogP) is 3.55. The molecule has 0 aliphatic heterocycles. The maximum atomic E-state index is 13.4. The van der Waals surface area contributed by atoms with Crippen molar-refractivity contribution in [3.8, 4) is 11.5 Å². The lowest BCUT2D eigenvalue weighted by atomic mass is 10.1. The van der Waals surface area contributed by atoms with Gasteiger partial charge in [0.25, 0.3) is 0 Å². The average Bonchev–Trinajstić information content (AvgIpc) is 2.39. The van der Waals surface area contributed by atoms with Crippen LogP contribution in [0.25, 0.3) is 0 Å². The van der Waals surface area contributed by atoms with Gasteiger partial charge in [-0.1, -0.05) is 12.1 Å². The Labute approximate surface area is 114 Å². The van der Waals surface area contributed by atoms with E-state index in [-0.39, 0.29) is 11.8 Å². The quantitative estimate of drug-likeness (QED) is 0.684. The van der Waals surface area contributed by atoms with Crippen LogP contribution in [0, 0.1) is 15.9 Å². The summed E-state index contributed by atoms with van der Waals surface area (Å²) >= 11 is 0. The van der Waals surface area contributed by atoms with Gasteiger partial charge in [0.05, 0.1) is 4.92 Å². The maximum absolute atomic E-state index is 13.4. The third-order valence-corrected chi connectivity index (χ3v) is 2.76. The highest BCUT2D eigenvalue weighted by Crippen LogP contribution is 2.27. The molecular weight excluding hydrogens is 263 g/mol. The molecule has 0 fully saturated rings. The average molecular weight is 276 g/mol. The number of ether oxygens (including phenoxy) is 1. The van der Waals surface area contributed by atoms with E-state index in [1.54, 1.807) is 12.1 Å². The largest absolute Gasteiger partial charge is 0.457 e. The van der Waals surface area contributed by atoms with Gasteiger partial charge in [-0.05, 0) is 30.7 Å². The van der Waals surface area contributed by atoms with Gasteiger partial charge in [0.1, 0.15) is 11.5 Å². The molecule has 104 valence electrons. The number of nitrogens with zero attached hydrogens (tertiary/aromatic N) is 1. The number of halogens is 1. The topological polar surface area (TPSA) is 78.4 Å². The Bertz CT molecular complexity index is 627. The van der Waals surface area contributed by atoms with Crippen LogP contribution in [0.4, 0.5) is 10.1 Å². The summed E-state index contributed by atoms with van der Waals surface area (Å²) in [6, 6.07) is 10.3. The number of nitro groups is 1. The van der Waals surface area contributed by atoms with E-state index in [0.717, 1.165) is 17.7 Å². The molecule has 0 spiro atoms. The molecule has 2 aromatic rings. The first kappa shape index (κ1) is 14.0. The Hall–Kier alpha value is -2.47. The first-order chi connectivity index (χ1) is 9.47. The van der Waals surface area contributed by atoms with Crippen LogP contribution in [0.3, 0.4) is 0 Å². The molecule has 0 aliphatic rings. The van der Waals surface area contributed by atoms with Crippen molar-refractivity contribution in [1.29, 1.82) is 0 Å². The Morgan fingerprint density at radius 2 is 1.80 bits per heavy atom. The van der Waals surface area contributed by atoms with Gasteiger partial charge >= 0.3 is 5.69 Å². The van der Waals surface area contributed by atoms with Gasteiger partial charge in [0.15, 0.2) is 0 Å². The molecule has 0 heterocycles. The van der Waals surface area contributed by atoms with Crippen molar-refractivity contribution < 1.29 is 14.1 Å². The van der Waals surface area contributed by atoms with E-state index >= 15 is 0 Å². The summed E-state index contributed by atoms with van der Waals surface area (Å²) in [5.41, 5.74) is 6.10. The Morgan fingerprint density at radius 3 is 2.30 bits per heavy atom.